The van der Waals surface area contributed by atoms with Gasteiger partial charge in [0.15, 0.2) is 0 Å². The van der Waals surface area contributed by atoms with E-state index in [1.807, 2.05) is 12.1 Å². The van der Waals surface area contributed by atoms with Crippen molar-refractivity contribution in [2.24, 2.45) is 0 Å². The van der Waals surface area contributed by atoms with Gasteiger partial charge in [0.05, 0.1) is 0 Å². The van der Waals surface area contributed by atoms with Crippen molar-refractivity contribution in [2.75, 3.05) is 6.54 Å². The van der Waals surface area contributed by atoms with Gasteiger partial charge in [0.2, 0.25) is 5.91 Å². The molecule has 19 heavy (non-hydrogen) atoms. The van der Waals surface area contributed by atoms with E-state index >= 15 is 0 Å². The average Bonchev–Trinajstić information content (AvgIpc) is 2.80. The Bertz CT molecular complexity index is 433. The molecular weight excluding hydrogens is 328 g/mol. The van der Waals surface area contributed by atoms with Gasteiger partial charge in [0.1, 0.15) is 0 Å². The van der Waals surface area contributed by atoms with Gasteiger partial charge in [-0.25, -0.2) is 0 Å². The lowest BCUT2D eigenvalue weighted by atomic mass is 10.1. The predicted molar refractivity (Wildman–Crippen MR) is 83.6 cm³/mol. The van der Waals surface area contributed by atoms with Crippen molar-refractivity contribution in [1.82, 2.24) is 10.6 Å². The van der Waals surface area contributed by atoms with Gasteiger partial charge in [-0.3, -0.25) is 4.79 Å². The molecule has 2 rings (SSSR count). The summed E-state index contributed by atoms with van der Waals surface area (Å²) in [6.07, 6.45) is 2.89. The highest BCUT2D eigenvalue weighted by Gasteiger charge is 2.17. The molecule has 0 radical (unpaired) electrons. The molecule has 1 atom stereocenters. The van der Waals surface area contributed by atoms with Crippen LogP contribution in [0.5, 0.6) is 0 Å². The van der Waals surface area contributed by atoms with Crippen LogP contribution < -0.4 is 10.6 Å². The molecule has 1 heterocycles. The third kappa shape index (κ3) is 5.13. The normalized spacial score (nSPS) is 17.9. The number of rotatable bonds is 4. The highest BCUT2D eigenvalue weighted by molar-refractivity contribution is 9.10. The van der Waals surface area contributed by atoms with Crippen LogP contribution in [0.3, 0.4) is 0 Å². The fourth-order valence-electron chi connectivity index (χ4n) is 2.28. The minimum absolute atomic E-state index is 0. The van der Waals surface area contributed by atoms with Crippen LogP contribution in [0.4, 0.5) is 0 Å². The molecule has 1 aromatic carbocycles. The first-order valence-corrected chi connectivity index (χ1v) is 7.19. The highest BCUT2D eigenvalue weighted by Crippen LogP contribution is 2.15. The van der Waals surface area contributed by atoms with Gasteiger partial charge in [-0.1, -0.05) is 22.0 Å². The molecular formula is C14H20BrClN2O. The van der Waals surface area contributed by atoms with Gasteiger partial charge in [-0.2, -0.15) is 0 Å². The summed E-state index contributed by atoms with van der Waals surface area (Å²) in [4.78, 5) is 11.8. The predicted octanol–water partition coefficient (Wildman–Crippen LogP) is 2.94. The minimum Gasteiger partial charge on any atom is -0.352 e. The van der Waals surface area contributed by atoms with E-state index in [4.69, 9.17) is 0 Å². The van der Waals surface area contributed by atoms with E-state index in [0.29, 0.717) is 19.0 Å². The van der Waals surface area contributed by atoms with Gasteiger partial charge in [0.25, 0.3) is 0 Å². The van der Waals surface area contributed by atoms with Gasteiger partial charge in [-0.15, -0.1) is 12.4 Å². The second-order valence-corrected chi connectivity index (χ2v) is 5.76. The summed E-state index contributed by atoms with van der Waals surface area (Å²) in [6.45, 7) is 3.72. The number of amides is 1. The lowest BCUT2D eigenvalue weighted by Gasteiger charge is -2.11. The Labute approximate surface area is 129 Å². The molecule has 106 valence electrons. The second kappa shape index (κ2) is 7.88. The van der Waals surface area contributed by atoms with Crippen LogP contribution in [-0.2, 0) is 11.3 Å². The first-order chi connectivity index (χ1) is 8.65. The Hall–Kier alpha value is -0.580. The lowest BCUT2D eigenvalue weighted by molar-refractivity contribution is -0.121. The first kappa shape index (κ1) is 16.5. The summed E-state index contributed by atoms with van der Waals surface area (Å²) in [7, 11) is 0. The molecule has 3 nitrogen and oxygen atoms in total. The van der Waals surface area contributed by atoms with Crippen molar-refractivity contribution in [2.45, 2.75) is 38.8 Å². The van der Waals surface area contributed by atoms with Crippen molar-refractivity contribution in [1.29, 1.82) is 0 Å². The molecule has 0 bridgehead atoms. The summed E-state index contributed by atoms with van der Waals surface area (Å²) in [5.41, 5.74) is 2.37. The fraction of sp³-hybridized carbons (Fsp3) is 0.500. The maximum Gasteiger partial charge on any atom is 0.221 e. The minimum atomic E-state index is 0. The van der Waals surface area contributed by atoms with Crippen molar-refractivity contribution in [3.05, 3.63) is 33.8 Å². The van der Waals surface area contributed by atoms with Crippen LogP contribution in [0.15, 0.2) is 22.7 Å². The van der Waals surface area contributed by atoms with Gasteiger partial charge >= 0.3 is 0 Å². The molecule has 1 fully saturated rings. The number of aryl methyl sites for hydroxylation is 1. The molecule has 2 N–H and O–H groups in total. The van der Waals surface area contributed by atoms with E-state index in [2.05, 4.69) is 39.6 Å². The number of halogens is 2. The van der Waals surface area contributed by atoms with E-state index in [9.17, 15) is 4.79 Å². The zero-order valence-corrected chi connectivity index (χ0v) is 13.4. The number of hydrogen-bond acceptors (Lipinski definition) is 2. The smallest absolute Gasteiger partial charge is 0.221 e. The van der Waals surface area contributed by atoms with Crippen LogP contribution in [-0.4, -0.2) is 18.5 Å². The number of nitrogens with one attached hydrogen (secondary N) is 2. The maximum atomic E-state index is 11.8. The third-order valence-electron chi connectivity index (χ3n) is 3.37. The quantitative estimate of drug-likeness (QED) is 0.879. The average molecular weight is 348 g/mol. The maximum absolute atomic E-state index is 11.8. The highest BCUT2D eigenvalue weighted by atomic mass is 79.9. The van der Waals surface area contributed by atoms with E-state index in [-0.39, 0.29) is 18.3 Å². The van der Waals surface area contributed by atoms with E-state index in [1.54, 1.807) is 0 Å². The summed E-state index contributed by atoms with van der Waals surface area (Å²) < 4.78 is 1.07. The molecule has 1 saturated heterocycles. The van der Waals surface area contributed by atoms with Crippen molar-refractivity contribution >= 4 is 34.2 Å². The Morgan fingerprint density at radius 3 is 2.95 bits per heavy atom. The number of benzene rings is 1. The van der Waals surface area contributed by atoms with Crippen LogP contribution in [0, 0.1) is 6.92 Å². The van der Waals surface area contributed by atoms with E-state index in [0.717, 1.165) is 17.4 Å². The number of hydrogen-bond donors (Lipinski definition) is 2. The molecule has 0 aliphatic carbocycles. The Morgan fingerprint density at radius 1 is 1.53 bits per heavy atom. The molecule has 1 aromatic rings. The monoisotopic (exact) mass is 346 g/mol. The zero-order valence-electron chi connectivity index (χ0n) is 11.0. The summed E-state index contributed by atoms with van der Waals surface area (Å²) in [5, 5.41) is 6.33. The van der Waals surface area contributed by atoms with Crippen LogP contribution in [0.25, 0.3) is 0 Å². The largest absolute Gasteiger partial charge is 0.352 e. The first-order valence-electron chi connectivity index (χ1n) is 6.40. The summed E-state index contributed by atoms with van der Waals surface area (Å²) in [5.74, 6) is 0.136. The Kier molecular flexibility index (Phi) is 6.83. The Balaban J connectivity index is 0.00000180. The van der Waals surface area contributed by atoms with Crippen LogP contribution >= 0.6 is 28.3 Å². The topological polar surface area (TPSA) is 41.1 Å². The molecule has 1 amide bonds. The third-order valence-corrected chi connectivity index (χ3v) is 3.87. The molecule has 0 aromatic heterocycles. The molecule has 1 aliphatic heterocycles. The lowest BCUT2D eigenvalue weighted by Crippen LogP contribution is -2.31. The Morgan fingerprint density at radius 2 is 2.32 bits per heavy atom. The molecule has 1 aliphatic rings. The molecule has 0 spiro atoms. The summed E-state index contributed by atoms with van der Waals surface area (Å²) in [6, 6.07) is 6.50. The molecule has 0 saturated carbocycles. The van der Waals surface area contributed by atoms with Crippen LogP contribution in [0.2, 0.25) is 0 Å². The second-order valence-electron chi connectivity index (χ2n) is 4.84. The standard InChI is InChI=1S/C14H19BrN2O.ClH/c1-10-7-12(15)5-4-11(10)9-17-14(18)8-13-3-2-6-16-13;/h4-5,7,13,16H,2-3,6,8-9H2,1H3,(H,17,18);1H. The van der Waals surface area contributed by atoms with Crippen molar-refractivity contribution in [3.8, 4) is 0 Å². The molecule has 1 unspecified atom stereocenters. The van der Waals surface area contributed by atoms with Gasteiger partial charge < -0.3 is 10.6 Å². The SMILES string of the molecule is Cc1cc(Br)ccc1CNC(=O)CC1CCCN1.Cl. The van der Waals surface area contributed by atoms with E-state index in [1.165, 1.54) is 17.5 Å². The number of carbonyl (C=O) groups excluding carboxylic acids is 1. The van der Waals surface area contributed by atoms with Crippen LogP contribution in [0.1, 0.15) is 30.4 Å². The van der Waals surface area contributed by atoms with Gasteiger partial charge in [-0.05, 0) is 49.6 Å². The van der Waals surface area contributed by atoms with Crippen molar-refractivity contribution < 1.29 is 4.79 Å². The molecule has 5 heteroatoms. The van der Waals surface area contributed by atoms with E-state index < -0.39 is 0 Å². The summed E-state index contributed by atoms with van der Waals surface area (Å²) >= 11 is 3.44. The fourth-order valence-corrected chi connectivity index (χ4v) is 2.75. The van der Waals surface area contributed by atoms with Gasteiger partial charge in [0, 0.05) is 23.5 Å². The number of carbonyl (C=O) groups is 1. The zero-order chi connectivity index (χ0) is 13.0. The van der Waals surface area contributed by atoms with Crippen molar-refractivity contribution in [3.63, 3.8) is 0 Å².